The van der Waals surface area contributed by atoms with Crippen LogP contribution in [0.1, 0.15) is 143 Å². The van der Waals surface area contributed by atoms with E-state index in [4.69, 9.17) is 28.4 Å². The highest BCUT2D eigenvalue weighted by molar-refractivity contribution is 7.92. The first-order valence-corrected chi connectivity index (χ1v) is 18.3. The molecule has 0 heterocycles. The molecule has 0 aromatic carbocycles. The van der Waals surface area contributed by atoms with Gasteiger partial charge in [0.2, 0.25) is 0 Å². The van der Waals surface area contributed by atoms with Crippen LogP contribution in [0.25, 0.3) is 0 Å². The van der Waals surface area contributed by atoms with E-state index in [0.29, 0.717) is 32.7 Å². The van der Waals surface area contributed by atoms with Crippen LogP contribution >= 0.6 is 0 Å². The molecule has 0 saturated carbocycles. The van der Waals surface area contributed by atoms with E-state index >= 15 is 0 Å². The Morgan fingerprint density at radius 2 is 0.927 bits per heavy atom. The van der Waals surface area contributed by atoms with Crippen molar-refractivity contribution in [1.82, 2.24) is 0 Å². The highest BCUT2D eigenvalue weighted by Gasteiger charge is 2.47. The van der Waals surface area contributed by atoms with Crippen molar-refractivity contribution in [3.8, 4) is 0 Å². The van der Waals surface area contributed by atoms with Crippen LogP contribution < -0.4 is 0 Å². The Morgan fingerprint density at radius 1 is 0.537 bits per heavy atom. The van der Waals surface area contributed by atoms with Gasteiger partial charge in [0, 0.05) is 47.6 Å². The molecular formula is C32H66O8S. The molecule has 1 unspecified atom stereocenters. The maximum atomic E-state index is 13.4. The van der Waals surface area contributed by atoms with Crippen LogP contribution in [-0.2, 0) is 38.3 Å². The number of ether oxygens (including phenoxy) is 6. The minimum absolute atomic E-state index is 0.137. The summed E-state index contributed by atoms with van der Waals surface area (Å²) in [6.07, 6.45) is 18.5. The predicted molar refractivity (Wildman–Crippen MR) is 168 cm³/mol. The van der Waals surface area contributed by atoms with Gasteiger partial charge in [0.05, 0.1) is 5.75 Å². The van der Waals surface area contributed by atoms with Gasteiger partial charge < -0.3 is 28.4 Å². The summed E-state index contributed by atoms with van der Waals surface area (Å²) in [6.45, 7) is 9.80. The van der Waals surface area contributed by atoms with Gasteiger partial charge in [-0.3, -0.25) is 0 Å². The van der Waals surface area contributed by atoms with Crippen molar-refractivity contribution < 1.29 is 36.8 Å². The lowest BCUT2D eigenvalue weighted by Crippen LogP contribution is -2.52. The van der Waals surface area contributed by atoms with E-state index in [-0.39, 0.29) is 5.75 Å². The SMILES string of the molecule is CCCCCCCCC(C(OC)(OC)OC)S(=O)(=O)CCCCCCCCCCCCC(OCC)(OCC)OCC. The molecule has 0 spiro atoms. The molecule has 0 aliphatic carbocycles. The van der Waals surface area contributed by atoms with Gasteiger partial charge >= 0.3 is 0 Å². The molecule has 41 heavy (non-hydrogen) atoms. The number of unbranched alkanes of at least 4 members (excludes halogenated alkanes) is 14. The average Bonchev–Trinajstić information content (AvgIpc) is 2.95. The van der Waals surface area contributed by atoms with Gasteiger partial charge in [-0.25, -0.2) is 8.42 Å². The summed E-state index contributed by atoms with van der Waals surface area (Å²) in [5, 5.41) is -0.832. The molecule has 0 aromatic rings. The van der Waals surface area contributed by atoms with E-state index in [1.807, 2.05) is 20.8 Å². The van der Waals surface area contributed by atoms with E-state index < -0.39 is 27.0 Å². The second-order valence-electron chi connectivity index (χ2n) is 10.9. The third-order valence-electron chi connectivity index (χ3n) is 7.76. The molecule has 1 atom stereocenters. The Morgan fingerprint density at radius 3 is 1.34 bits per heavy atom. The Bertz CT molecular complexity index is 656. The molecule has 248 valence electrons. The standard InChI is InChI=1S/C32H66O8S/c1-8-12-13-14-21-24-27-30(32(35-5,36-6)37-7)41(33,34)29-26-23-20-18-16-15-17-19-22-25-28-31(38-9-2,39-10-3)40-11-4/h30H,8-29H2,1-7H3. The van der Waals surface area contributed by atoms with Crippen molar-refractivity contribution in [2.24, 2.45) is 0 Å². The highest BCUT2D eigenvalue weighted by atomic mass is 32.2. The number of sulfone groups is 1. The molecule has 0 rings (SSSR count). The van der Waals surface area contributed by atoms with E-state index in [0.717, 1.165) is 57.8 Å². The zero-order chi connectivity index (χ0) is 30.9. The number of hydrogen-bond acceptors (Lipinski definition) is 8. The Labute approximate surface area is 253 Å². The van der Waals surface area contributed by atoms with Crippen LogP contribution in [0.5, 0.6) is 0 Å². The maximum absolute atomic E-state index is 13.4. The molecule has 0 saturated heterocycles. The van der Waals surface area contributed by atoms with Gasteiger partial charge in [-0.05, 0) is 40.0 Å². The first kappa shape index (κ1) is 40.7. The normalized spacial score (nSPS) is 13.6. The smallest absolute Gasteiger partial charge is 0.299 e. The van der Waals surface area contributed by atoms with Gasteiger partial charge in [-0.2, -0.15) is 0 Å². The molecular weight excluding hydrogens is 544 g/mol. The fraction of sp³-hybridized carbons (Fsp3) is 1.00. The summed E-state index contributed by atoms with van der Waals surface area (Å²) in [5.74, 6) is -2.31. The second kappa shape index (κ2) is 25.1. The van der Waals surface area contributed by atoms with Crippen molar-refractivity contribution in [2.75, 3.05) is 46.9 Å². The van der Waals surface area contributed by atoms with Crippen LogP contribution in [0.2, 0.25) is 0 Å². The summed E-state index contributed by atoms with van der Waals surface area (Å²) in [6, 6.07) is 0. The van der Waals surface area contributed by atoms with Crippen molar-refractivity contribution in [3.05, 3.63) is 0 Å². The number of hydrogen-bond donors (Lipinski definition) is 0. The van der Waals surface area contributed by atoms with Crippen molar-refractivity contribution in [3.63, 3.8) is 0 Å². The largest absolute Gasteiger partial charge is 0.330 e. The summed E-state index contributed by atoms with van der Waals surface area (Å²) < 4.78 is 60.7. The number of methoxy groups -OCH3 is 3. The van der Waals surface area contributed by atoms with Gasteiger partial charge in [0.15, 0.2) is 9.84 Å². The zero-order valence-corrected chi connectivity index (χ0v) is 28.6. The Hall–Kier alpha value is -0.290. The van der Waals surface area contributed by atoms with E-state index in [1.165, 1.54) is 66.3 Å². The maximum Gasteiger partial charge on any atom is 0.299 e. The molecule has 9 heteroatoms. The van der Waals surface area contributed by atoms with Crippen LogP contribution in [0.4, 0.5) is 0 Å². The van der Waals surface area contributed by atoms with E-state index in [9.17, 15) is 8.42 Å². The average molecular weight is 611 g/mol. The minimum Gasteiger partial charge on any atom is -0.330 e. The minimum atomic E-state index is -3.45. The molecule has 0 amide bonds. The summed E-state index contributed by atoms with van der Waals surface area (Å²) >= 11 is 0. The molecule has 0 aromatic heterocycles. The van der Waals surface area contributed by atoms with Gasteiger partial charge in [-0.1, -0.05) is 96.8 Å². The lowest BCUT2D eigenvalue weighted by Gasteiger charge is -2.36. The van der Waals surface area contributed by atoms with Gasteiger partial charge in [0.25, 0.3) is 11.9 Å². The third-order valence-corrected chi connectivity index (χ3v) is 10.0. The fourth-order valence-electron chi connectivity index (χ4n) is 5.53. The highest BCUT2D eigenvalue weighted by Crippen LogP contribution is 2.30. The zero-order valence-electron chi connectivity index (χ0n) is 27.8. The summed E-state index contributed by atoms with van der Waals surface area (Å²) in [4.78, 5) is 0. The predicted octanol–water partition coefficient (Wildman–Crippen LogP) is 8.17. The monoisotopic (exact) mass is 610 g/mol. The first-order valence-electron chi connectivity index (χ1n) is 16.6. The Kier molecular flexibility index (Phi) is 24.9. The molecule has 0 aliphatic heterocycles. The van der Waals surface area contributed by atoms with Crippen molar-refractivity contribution in [1.29, 1.82) is 0 Å². The van der Waals surface area contributed by atoms with Gasteiger partial charge in [0.1, 0.15) is 5.25 Å². The second-order valence-corrected chi connectivity index (χ2v) is 13.2. The molecule has 0 fully saturated rings. The molecule has 0 bridgehead atoms. The lowest BCUT2D eigenvalue weighted by molar-refractivity contribution is -0.380. The fourth-order valence-corrected chi connectivity index (χ4v) is 7.68. The van der Waals surface area contributed by atoms with Crippen LogP contribution in [-0.4, -0.2) is 72.5 Å². The molecule has 0 radical (unpaired) electrons. The number of rotatable bonds is 31. The quantitative estimate of drug-likeness (QED) is 0.0574. The van der Waals surface area contributed by atoms with Crippen LogP contribution in [0.3, 0.4) is 0 Å². The lowest BCUT2D eigenvalue weighted by atomic mass is 10.1. The van der Waals surface area contributed by atoms with E-state index in [2.05, 4.69) is 6.92 Å². The summed E-state index contributed by atoms with van der Waals surface area (Å²) in [7, 11) is 0.905. The molecule has 0 N–H and O–H groups in total. The van der Waals surface area contributed by atoms with Crippen molar-refractivity contribution >= 4 is 9.84 Å². The Balaban J connectivity index is 4.35. The van der Waals surface area contributed by atoms with Crippen LogP contribution in [0.15, 0.2) is 0 Å². The first-order chi connectivity index (χ1) is 19.8. The van der Waals surface area contributed by atoms with E-state index in [1.54, 1.807) is 0 Å². The van der Waals surface area contributed by atoms with Crippen molar-refractivity contribution in [2.45, 2.75) is 160 Å². The van der Waals surface area contributed by atoms with Crippen LogP contribution in [0, 0.1) is 0 Å². The molecule has 0 aliphatic rings. The van der Waals surface area contributed by atoms with Gasteiger partial charge in [-0.15, -0.1) is 0 Å². The third kappa shape index (κ3) is 17.0. The summed E-state index contributed by atoms with van der Waals surface area (Å²) in [5.41, 5.74) is 0. The molecule has 8 nitrogen and oxygen atoms in total. The topological polar surface area (TPSA) is 89.5 Å².